The Balaban J connectivity index is 2.64. The summed E-state index contributed by atoms with van der Waals surface area (Å²) >= 11 is 0. The van der Waals surface area contributed by atoms with Gasteiger partial charge in [-0.25, -0.2) is 4.98 Å². The fraction of sp³-hybridized carbons (Fsp3) is 0.733. The highest BCUT2D eigenvalue weighted by Gasteiger charge is 2.09. The zero-order chi connectivity index (χ0) is 15.0. The van der Waals surface area contributed by atoms with Crippen LogP contribution in [0.2, 0.25) is 0 Å². The molecule has 20 heavy (non-hydrogen) atoms. The molecule has 0 unspecified atom stereocenters. The van der Waals surface area contributed by atoms with E-state index in [2.05, 4.69) is 51.9 Å². The lowest BCUT2D eigenvalue weighted by Crippen LogP contribution is -2.30. The molecular weight excluding hydrogens is 250 g/mol. The van der Waals surface area contributed by atoms with Crippen LogP contribution in [0.25, 0.3) is 0 Å². The molecule has 0 amide bonds. The minimum atomic E-state index is 0.696. The zero-order valence-corrected chi connectivity index (χ0v) is 13.6. The lowest BCUT2D eigenvalue weighted by molar-refractivity contribution is 0.300. The first kappa shape index (κ1) is 16.7. The minimum Gasteiger partial charge on any atom is -0.357 e. The van der Waals surface area contributed by atoms with Gasteiger partial charge in [-0.1, -0.05) is 13.8 Å². The Labute approximate surface area is 123 Å². The Morgan fingerprint density at radius 2 is 1.75 bits per heavy atom. The van der Waals surface area contributed by atoms with Crippen LogP contribution in [-0.2, 0) is 0 Å². The van der Waals surface area contributed by atoms with Gasteiger partial charge < -0.3 is 15.1 Å². The van der Waals surface area contributed by atoms with Gasteiger partial charge in [0.2, 0.25) is 5.95 Å². The van der Waals surface area contributed by atoms with Crippen molar-refractivity contribution in [3.8, 4) is 0 Å². The van der Waals surface area contributed by atoms with E-state index >= 15 is 0 Å². The van der Waals surface area contributed by atoms with E-state index in [4.69, 9.17) is 0 Å². The molecule has 0 aliphatic rings. The van der Waals surface area contributed by atoms with Gasteiger partial charge in [-0.3, -0.25) is 0 Å². The minimum absolute atomic E-state index is 0.696. The van der Waals surface area contributed by atoms with Crippen LogP contribution in [0.1, 0.15) is 32.9 Å². The highest BCUT2D eigenvalue weighted by Crippen LogP contribution is 2.14. The Morgan fingerprint density at radius 1 is 1.05 bits per heavy atom. The second-order valence-electron chi connectivity index (χ2n) is 4.90. The van der Waals surface area contributed by atoms with Gasteiger partial charge in [-0.2, -0.15) is 4.98 Å². The standard InChI is InChI=1S/C15H29N5/c1-6-19(7-2)10-9-11-20(8-3)14-12-13(4)17-15(16-5)18-14/h12H,6-11H2,1-5H3,(H,16,17,18). The smallest absolute Gasteiger partial charge is 0.224 e. The quantitative estimate of drug-likeness (QED) is 0.752. The molecule has 0 spiro atoms. The van der Waals surface area contributed by atoms with Crippen molar-refractivity contribution in [1.82, 2.24) is 14.9 Å². The summed E-state index contributed by atoms with van der Waals surface area (Å²) in [5, 5.41) is 3.02. The molecule has 0 aromatic carbocycles. The maximum atomic E-state index is 4.55. The van der Waals surface area contributed by atoms with Crippen molar-refractivity contribution in [1.29, 1.82) is 0 Å². The SMILES string of the molecule is CCN(CC)CCCN(CC)c1cc(C)nc(NC)n1. The van der Waals surface area contributed by atoms with E-state index in [-0.39, 0.29) is 0 Å². The van der Waals surface area contributed by atoms with Crippen molar-refractivity contribution >= 4 is 11.8 Å². The average molecular weight is 279 g/mol. The molecule has 1 aromatic heterocycles. The van der Waals surface area contributed by atoms with Crippen LogP contribution in [0.15, 0.2) is 6.07 Å². The van der Waals surface area contributed by atoms with Crippen molar-refractivity contribution in [2.45, 2.75) is 34.1 Å². The first-order chi connectivity index (χ1) is 9.64. The molecule has 5 heteroatoms. The molecule has 0 fully saturated rings. The molecule has 0 radical (unpaired) electrons. The monoisotopic (exact) mass is 279 g/mol. The van der Waals surface area contributed by atoms with Crippen LogP contribution < -0.4 is 10.2 Å². The molecule has 0 aliphatic carbocycles. The van der Waals surface area contributed by atoms with E-state index in [1.54, 1.807) is 0 Å². The van der Waals surface area contributed by atoms with E-state index in [0.717, 1.165) is 50.7 Å². The number of anilines is 2. The van der Waals surface area contributed by atoms with Gasteiger partial charge in [0.15, 0.2) is 0 Å². The van der Waals surface area contributed by atoms with Crippen molar-refractivity contribution in [3.63, 3.8) is 0 Å². The molecule has 1 N–H and O–H groups in total. The molecule has 0 saturated carbocycles. The summed E-state index contributed by atoms with van der Waals surface area (Å²) in [6, 6.07) is 2.06. The Hall–Kier alpha value is -1.36. The molecule has 1 aromatic rings. The maximum absolute atomic E-state index is 4.55. The summed E-state index contributed by atoms with van der Waals surface area (Å²) in [6.07, 6.45) is 1.16. The second-order valence-corrected chi connectivity index (χ2v) is 4.90. The molecule has 0 saturated heterocycles. The average Bonchev–Trinajstić information content (AvgIpc) is 2.47. The number of hydrogen-bond acceptors (Lipinski definition) is 5. The number of rotatable bonds is 9. The Morgan fingerprint density at radius 3 is 2.30 bits per heavy atom. The summed E-state index contributed by atoms with van der Waals surface area (Å²) in [5.74, 6) is 1.71. The van der Waals surface area contributed by atoms with Crippen molar-refractivity contribution in [2.24, 2.45) is 0 Å². The molecule has 114 valence electrons. The third-order valence-corrected chi connectivity index (χ3v) is 3.57. The third-order valence-electron chi connectivity index (χ3n) is 3.57. The van der Waals surface area contributed by atoms with E-state index in [9.17, 15) is 0 Å². The number of hydrogen-bond donors (Lipinski definition) is 1. The first-order valence-corrected chi connectivity index (χ1v) is 7.65. The Kier molecular flexibility index (Phi) is 7.30. The first-order valence-electron chi connectivity index (χ1n) is 7.65. The molecule has 0 aliphatic heterocycles. The van der Waals surface area contributed by atoms with E-state index < -0.39 is 0 Å². The second kappa shape index (κ2) is 8.74. The van der Waals surface area contributed by atoms with E-state index in [1.165, 1.54) is 0 Å². The van der Waals surface area contributed by atoms with Gasteiger partial charge in [0.1, 0.15) is 5.82 Å². The number of aryl methyl sites for hydroxylation is 1. The van der Waals surface area contributed by atoms with Crippen LogP contribution in [0.4, 0.5) is 11.8 Å². The van der Waals surface area contributed by atoms with Gasteiger partial charge in [0.25, 0.3) is 0 Å². The van der Waals surface area contributed by atoms with Crippen LogP contribution in [0.3, 0.4) is 0 Å². The highest BCUT2D eigenvalue weighted by molar-refractivity contribution is 5.44. The molecule has 0 bridgehead atoms. The lowest BCUT2D eigenvalue weighted by Gasteiger charge is -2.24. The summed E-state index contributed by atoms with van der Waals surface area (Å²) in [4.78, 5) is 13.7. The molecule has 1 rings (SSSR count). The fourth-order valence-corrected chi connectivity index (χ4v) is 2.29. The summed E-state index contributed by atoms with van der Waals surface area (Å²) in [6.45, 7) is 14.0. The van der Waals surface area contributed by atoms with Crippen LogP contribution in [0, 0.1) is 6.92 Å². The molecular formula is C15H29N5. The predicted molar refractivity (Wildman–Crippen MR) is 86.6 cm³/mol. The van der Waals surface area contributed by atoms with Crippen LogP contribution in [-0.4, -0.2) is 54.6 Å². The fourth-order valence-electron chi connectivity index (χ4n) is 2.29. The van der Waals surface area contributed by atoms with Gasteiger partial charge >= 0.3 is 0 Å². The van der Waals surface area contributed by atoms with Gasteiger partial charge in [-0.05, 0) is 39.9 Å². The van der Waals surface area contributed by atoms with Crippen LogP contribution >= 0.6 is 0 Å². The largest absolute Gasteiger partial charge is 0.357 e. The Bertz CT molecular complexity index is 390. The number of nitrogens with one attached hydrogen (secondary N) is 1. The van der Waals surface area contributed by atoms with E-state index in [1.807, 2.05) is 14.0 Å². The third kappa shape index (κ3) is 4.96. The summed E-state index contributed by atoms with van der Waals surface area (Å²) < 4.78 is 0. The molecule has 1 heterocycles. The molecule has 0 atom stereocenters. The normalized spacial score (nSPS) is 10.9. The summed E-state index contributed by atoms with van der Waals surface area (Å²) in [5.41, 5.74) is 1.00. The zero-order valence-electron chi connectivity index (χ0n) is 13.6. The molecule has 5 nitrogen and oxygen atoms in total. The topological polar surface area (TPSA) is 44.3 Å². The number of nitrogens with zero attached hydrogens (tertiary/aromatic N) is 4. The lowest BCUT2D eigenvalue weighted by atomic mass is 10.3. The van der Waals surface area contributed by atoms with E-state index in [0.29, 0.717) is 5.95 Å². The van der Waals surface area contributed by atoms with Crippen molar-refractivity contribution in [3.05, 3.63) is 11.8 Å². The van der Waals surface area contributed by atoms with Crippen molar-refractivity contribution < 1.29 is 0 Å². The summed E-state index contributed by atoms with van der Waals surface area (Å²) in [7, 11) is 1.86. The van der Waals surface area contributed by atoms with Crippen molar-refractivity contribution in [2.75, 3.05) is 50.0 Å². The number of aromatic nitrogens is 2. The van der Waals surface area contributed by atoms with Crippen LogP contribution in [0.5, 0.6) is 0 Å². The highest BCUT2D eigenvalue weighted by atomic mass is 15.2. The predicted octanol–water partition coefficient (Wildman–Crippen LogP) is 2.38. The maximum Gasteiger partial charge on any atom is 0.224 e. The van der Waals surface area contributed by atoms with Gasteiger partial charge in [-0.15, -0.1) is 0 Å². The van der Waals surface area contributed by atoms with Gasteiger partial charge in [0.05, 0.1) is 0 Å². The van der Waals surface area contributed by atoms with Gasteiger partial charge in [0, 0.05) is 31.9 Å².